The summed E-state index contributed by atoms with van der Waals surface area (Å²) in [7, 11) is 0. The van der Waals surface area contributed by atoms with E-state index in [0.717, 1.165) is 25.1 Å². The predicted octanol–water partition coefficient (Wildman–Crippen LogP) is 2.85. The van der Waals surface area contributed by atoms with Crippen LogP contribution in [0.1, 0.15) is 41.0 Å². The van der Waals surface area contributed by atoms with E-state index in [0.29, 0.717) is 5.92 Å². The molecule has 0 N–H and O–H groups in total. The molecule has 0 fully saturated rings. The number of allylic oxidation sites excluding steroid dienone is 1. The third kappa shape index (κ3) is 4.45. The van der Waals surface area contributed by atoms with Crippen LogP contribution in [0.4, 0.5) is 0 Å². The number of rotatable bonds is 5. The van der Waals surface area contributed by atoms with Gasteiger partial charge in [0.1, 0.15) is 0 Å². The highest BCUT2D eigenvalue weighted by atomic mass is 16.2. The second kappa shape index (κ2) is 6.63. The first-order valence-electron chi connectivity index (χ1n) is 5.48. The molecule has 2 heteroatoms. The Morgan fingerprint density at radius 2 is 1.79 bits per heavy atom. The summed E-state index contributed by atoms with van der Waals surface area (Å²) in [6, 6.07) is 0. The molecular formula is C12H23NO. The Balaban J connectivity index is 4.29. The zero-order chi connectivity index (χ0) is 11.1. The highest BCUT2D eigenvalue weighted by molar-refractivity contribution is 5.92. The highest BCUT2D eigenvalue weighted by Gasteiger charge is 2.10. The van der Waals surface area contributed by atoms with Gasteiger partial charge in [0.2, 0.25) is 5.91 Å². The number of nitrogens with zero attached hydrogens (tertiary/aromatic N) is 1. The molecule has 0 aliphatic carbocycles. The Labute approximate surface area is 88.0 Å². The minimum atomic E-state index is 0.177. The van der Waals surface area contributed by atoms with Crippen molar-refractivity contribution in [2.24, 2.45) is 5.92 Å². The lowest BCUT2D eigenvalue weighted by Crippen LogP contribution is -2.31. The van der Waals surface area contributed by atoms with Crippen molar-refractivity contribution in [3.63, 3.8) is 0 Å². The molecule has 0 saturated heterocycles. The molecule has 0 aromatic rings. The van der Waals surface area contributed by atoms with Gasteiger partial charge in [-0.1, -0.05) is 19.9 Å². The van der Waals surface area contributed by atoms with Crippen molar-refractivity contribution >= 4 is 5.91 Å². The van der Waals surface area contributed by atoms with Crippen LogP contribution in [-0.2, 0) is 4.79 Å². The van der Waals surface area contributed by atoms with Crippen LogP contribution in [0.3, 0.4) is 0 Å². The Kier molecular flexibility index (Phi) is 6.26. The van der Waals surface area contributed by atoms with Crippen LogP contribution in [0.15, 0.2) is 11.6 Å². The lowest BCUT2D eigenvalue weighted by molar-refractivity contribution is -0.126. The van der Waals surface area contributed by atoms with Gasteiger partial charge < -0.3 is 4.90 Å². The highest BCUT2D eigenvalue weighted by Crippen LogP contribution is 2.07. The first-order chi connectivity index (χ1) is 6.52. The quantitative estimate of drug-likeness (QED) is 0.621. The van der Waals surface area contributed by atoms with Gasteiger partial charge in [-0.3, -0.25) is 4.79 Å². The molecule has 0 bridgehead atoms. The van der Waals surface area contributed by atoms with E-state index in [2.05, 4.69) is 13.8 Å². The predicted molar refractivity (Wildman–Crippen MR) is 61.1 cm³/mol. The molecule has 82 valence electrons. The van der Waals surface area contributed by atoms with Gasteiger partial charge in [0.15, 0.2) is 0 Å². The molecule has 0 aliphatic heterocycles. The van der Waals surface area contributed by atoms with E-state index in [1.165, 1.54) is 0 Å². The van der Waals surface area contributed by atoms with Crippen LogP contribution < -0.4 is 0 Å². The van der Waals surface area contributed by atoms with E-state index in [-0.39, 0.29) is 5.91 Å². The summed E-state index contributed by atoms with van der Waals surface area (Å²) in [4.78, 5) is 13.6. The maximum Gasteiger partial charge on any atom is 0.249 e. The molecule has 14 heavy (non-hydrogen) atoms. The number of hydrogen-bond donors (Lipinski definition) is 0. The maximum absolute atomic E-state index is 11.8. The second-order valence-corrected chi connectivity index (χ2v) is 3.99. The minimum Gasteiger partial charge on any atom is -0.340 e. The van der Waals surface area contributed by atoms with Crippen LogP contribution in [0.25, 0.3) is 0 Å². The van der Waals surface area contributed by atoms with Crippen molar-refractivity contribution in [3.8, 4) is 0 Å². The number of amides is 1. The lowest BCUT2D eigenvalue weighted by Gasteiger charge is -2.18. The van der Waals surface area contributed by atoms with Gasteiger partial charge >= 0.3 is 0 Å². The molecular weight excluding hydrogens is 174 g/mol. The normalized spacial score (nSPS) is 12.0. The van der Waals surface area contributed by atoms with E-state index >= 15 is 0 Å². The number of likely N-dealkylation sites (N-methyl/N-ethyl adjacent to an activating group) is 1. The molecule has 0 aromatic heterocycles. The fourth-order valence-corrected chi connectivity index (χ4v) is 1.26. The molecule has 0 aliphatic rings. The van der Waals surface area contributed by atoms with Crippen molar-refractivity contribution in [3.05, 3.63) is 11.6 Å². The van der Waals surface area contributed by atoms with Crippen LogP contribution >= 0.6 is 0 Å². The summed E-state index contributed by atoms with van der Waals surface area (Å²) in [6.45, 7) is 11.8. The van der Waals surface area contributed by atoms with Crippen LogP contribution in [0.2, 0.25) is 0 Å². The van der Waals surface area contributed by atoms with Crippen molar-refractivity contribution in [2.75, 3.05) is 13.1 Å². The molecule has 0 heterocycles. The van der Waals surface area contributed by atoms with Gasteiger partial charge in [-0.2, -0.15) is 0 Å². The van der Waals surface area contributed by atoms with Gasteiger partial charge in [-0.05, 0) is 33.1 Å². The minimum absolute atomic E-state index is 0.177. The zero-order valence-electron chi connectivity index (χ0n) is 10.1. The molecule has 0 aromatic carbocycles. The summed E-state index contributed by atoms with van der Waals surface area (Å²) in [5.41, 5.74) is 0.877. The average molecular weight is 197 g/mol. The summed E-state index contributed by atoms with van der Waals surface area (Å²) in [5.74, 6) is 0.796. The van der Waals surface area contributed by atoms with Crippen LogP contribution in [0.5, 0.6) is 0 Å². The van der Waals surface area contributed by atoms with Gasteiger partial charge in [0, 0.05) is 18.7 Å². The summed E-state index contributed by atoms with van der Waals surface area (Å²) >= 11 is 0. The number of hydrogen-bond acceptors (Lipinski definition) is 1. The first kappa shape index (κ1) is 13.2. The average Bonchev–Trinajstić information content (AvgIpc) is 2.15. The van der Waals surface area contributed by atoms with E-state index in [4.69, 9.17) is 0 Å². The fraction of sp³-hybridized carbons (Fsp3) is 0.750. The monoisotopic (exact) mass is 197 g/mol. The van der Waals surface area contributed by atoms with Crippen molar-refractivity contribution in [1.29, 1.82) is 0 Å². The first-order valence-corrected chi connectivity index (χ1v) is 5.48. The van der Waals surface area contributed by atoms with Gasteiger partial charge in [-0.15, -0.1) is 0 Å². The van der Waals surface area contributed by atoms with Crippen LogP contribution in [0, 0.1) is 5.92 Å². The molecule has 0 radical (unpaired) electrons. The van der Waals surface area contributed by atoms with E-state index in [1.807, 2.05) is 31.7 Å². The Morgan fingerprint density at radius 1 is 1.29 bits per heavy atom. The summed E-state index contributed by atoms with van der Waals surface area (Å²) in [5, 5.41) is 0. The smallest absolute Gasteiger partial charge is 0.249 e. The van der Waals surface area contributed by atoms with Crippen molar-refractivity contribution in [2.45, 2.75) is 41.0 Å². The standard InChI is InChI=1S/C12H23NO/c1-6-13(7-2)12(14)11(5)9-8-10(3)4/h9-10H,6-8H2,1-5H3/b11-9+. The zero-order valence-corrected chi connectivity index (χ0v) is 10.1. The summed E-state index contributed by atoms with van der Waals surface area (Å²) in [6.07, 6.45) is 3.03. The van der Waals surface area contributed by atoms with Gasteiger partial charge in [0.05, 0.1) is 0 Å². The van der Waals surface area contributed by atoms with E-state index in [9.17, 15) is 4.79 Å². The van der Waals surface area contributed by atoms with E-state index in [1.54, 1.807) is 0 Å². The maximum atomic E-state index is 11.8. The Hall–Kier alpha value is -0.790. The van der Waals surface area contributed by atoms with Crippen LogP contribution in [-0.4, -0.2) is 23.9 Å². The SMILES string of the molecule is CCN(CC)C(=O)/C(C)=C/CC(C)C. The van der Waals surface area contributed by atoms with Crippen molar-refractivity contribution in [1.82, 2.24) is 4.90 Å². The Morgan fingerprint density at radius 3 is 2.14 bits per heavy atom. The molecule has 0 rings (SSSR count). The molecule has 0 atom stereocenters. The molecule has 0 spiro atoms. The van der Waals surface area contributed by atoms with Gasteiger partial charge in [0.25, 0.3) is 0 Å². The molecule has 0 unspecified atom stereocenters. The third-order valence-corrected chi connectivity index (χ3v) is 2.28. The largest absolute Gasteiger partial charge is 0.340 e. The molecule has 2 nitrogen and oxygen atoms in total. The third-order valence-electron chi connectivity index (χ3n) is 2.28. The Bertz CT molecular complexity index is 202. The van der Waals surface area contributed by atoms with Gasteiger partial charge in [-0.25, -0.2) is 0 Å². The fourth-order valence-electron chi connectivity index (χ4n) is 1.26. The number of carbonyl (C=O) groups excluding carboxylic acids is 1. The second-order valence-electron chi connectivity index (χ2n) is 3.99. The summed E-state index contributed by atoms with van der Waals surface area (Å²) < 4.78 is 0. The van der Waals surface area contributed by atoms with Crippen molar-refractivity contribution < 1.29 is 4.79 Å². The van der Waals surface area contributed by atoms with E-state index < -0.39 is 0 Å². The topological polar surface area (TPSA) is 20.3 Å². The molecule has 1 amide bonds. The molecule has 0 saturated carbocycles. The lowest BCUT2D eigenvalue weighted by atomic mass is 10.1. The number of carbonyl (C=O) groups is 1.